The fourth-order valence-electron chi connectivity index (χ4n) is 2.69. The van der Waals surface area contributed by atoms with E-state index >= 15 is 0 Å². The smallest absolute Gasteiger partial charge is 0.345 e. The Balaban J connectivity index is 1.61. The van der Waals surface area contributed by atoms with E-state index in [0.717, 1.165) is 0 Å². The first-order valence-electron chi connectivity index (χ1n) is 8.57. The van der Waals surface area contributed by atoms with E-state index in [0.29, 0.717) is 15.2 Å². The second-order valence-corrected chi connectivity index (χ2v) is 7.83. The van der Waals surface area contributed by atoms with Crippen LogP contribution in [0.25, 0.3) is 11.0 Å². The van der Waals surface area contributed by atoms with Gasteiger partial charge in [0.1, 0.15) is 23.3 Å². The number of para-hydroxylation sites is 1. The summed E-state index contributed by atoms with van der Waals surface area (Å²) in [6.07, 6.45) is 1.21. The number of hydrogen-bond acceptors (Lipinski definition) is 5. The van der Waals surface area contributed by atoms with Crippen LogP contribution < -0.4 is 14.9 Å². The molecule has 30 heavy (non-hydrogen) atoms. The molecule has 0 aliphatic rings. The van der Waals surface area contributed by atoms with Gasteiger partial charge in [0, 0.05) is 11.1 Å². The van der Waals surface area contributed by atoms with Gasteiger partial charge in [0.05, 0.1) is 20.4 Å². The molecule has 1 heterocycles. The van der Waals surface area contributed by atoms with Crippen LogP contribution >= 0.6 is 39.1 Å². The van der Waals surface area contributed by atoms with Crippen molar-refractivity contribution in [3.05, 3.63) is 97.2 Å². The zero-order valence-corrected chi connectivity index (χ0v) is 18.1. The van der Waals surface area contributed by atoms with Crippen LogP contribution in [0.4, 0.5) is 0 Å². The van der Waals surface area contributed by atoms with Gasteiger partial charge in [0.25, 0.3) is 0 Å². The molecule has 0 amide bonds. The van der Waals surface area contributed by atoms with Crippen molar-refractivity contribution in [2.75, 3.05) is 0 Å². The van der Waals surface area contributed by atoms with Gasteiger partial charge >= 0.3 is 5.97 Å². The molecular formula is C22H11BrCl2O5. The lowest BCUT2D eigenvalue weighted by molar-refractivity contribution is 0.0735. The normalized spacial score (nSPS) is 10.8. The summed E-state index contributed by atoms with van der Waals surface area (Å²) < 4.78 is 17.2. The average Bonchev–Trinajstić information content (AvgIpc) is 2.71. The van der Waals surface area contributed by atoms with Crippen molar-refractivity contribution >= 4 is 56.1 Å². The summed E-state index contributed by atoms with van der Waals surface area (Å²) in [5, 5.41) is 0.863. The summed E-state index contributed by atoms with van der Waals surface area (Å²) in [4.78, 5) is 25.1. The molecule has 0 bridgehead atoms. The number of carbonyl (C=O) groups is 1. The van der Waals surface area contributed by atoms with Crippen LogP contribution in [0.15, 0.2) is 80.6 Å². The van der Waals surface area contributed by atoms with Crippen LogP contribution in [0.2, 0.25) is 10.0 Å². The van der Waals surface area contributed by atoms with E-state index in [1.165, 1.54) is 42.7 Å². The maximum absolute atomic E-state index is 12.7. The Morgan fingerprint density at radius 3 is 2.53 bits per heavy atom. The summed E-state index contributed by atoms with van der Waals surface area (Å²) in [6.45, 7) is 0. The van der Waals surface area contributed by atoms with Crippen molar-refractivity contribution in [3.63, 3.8) is 0 Å². The molecule has 0 spiro atoms. The highest BCUT2D eigenvalue weighted by Crippen LogP contribution is 2.29. The van der Waals surface area contributed by atoms with Gasteiger partial charge < -0.3 is 13.9 Å². The molecule has 0 aliphatic carbocycles. The Bertz CT molecular complexity index is 1330. The van der Waals surface area contributed by atoms with Crippen molar-refractivity contribution in [1.29, 1.82) is 0 Å². The van der Waals surface area contributed by atoms with Crippen LogP contribution in [0.1, 0.15) is 10.4 Å². The van der Waals surface area contributed by atoms with Crippen LogP contribution in [0, 0.1) is 0 Å². The molecule has 0 aliphatic heterocycles. The molecular weight excluding hydrogens is 495 g/mol. The Labute approximate surface area is 188 Å². The molecule has 150 valence electrons. The lowest BCUT2D eigenvalue weighted by Gasteiger charge is -2.09. The molecule has 0 saturated carbocycles. The largest absolute Gasteiger partial charge is 0.460 e. The quantitative estimate of drug-likeness (QED) is 0.223. The lowest BCUT2D eigenvalue weighted by Crippen LogP contribution is -2.10. The van der Waals surface area contributed by atoms with E-state index in [1.807, 2.05) is 6.07 Å². The van der Waals surface area contributed by atoms with Gasteiger partial charge in [-0.15, -0.1) is 0 Å². The van der Waals surface area contributed by atoms with Crippen LogP contribution in [-0.2, 0) is 0 Å². The predicted molar refractivity (Wildman–Crippen MR) is 118 cm³/mol. The Morgan fingerprint density at radius 2 is 1.77 bits per heavy atom. The second kappa shape index (κ2) is 8.52. The third kappa shape index (κ3) is 4.21. The summed E-state index contributed by atoms with van der Waals surface area (Å²) in [6, 6.07) is 16.0. The minimum Gasteiger partial charge on any atom is -0.460 e. The van der Waals surface area contributed by atoms with Gasteiger partial charge in [-0.1, -0.05) is 35.3 Å². The van der Waals surface area contributed by atoms with Gasteiger partial charge in [-0.3, -0.25) is 4.79 Å². The highest BCUT2D eigenvalue weighted by atomic mass is 79.9. The van der Waals surface area contributed by atoms with Crippen LogP contribution in [0.5, 0.6) is 17.2 Å². The zero-order chi connectivity index (χ0) is 21.3. The summed E-state index contributed by atoms with van der Waals surface area (Å²) in [5.74, 6) is 0.0509. The SMILES string of the molecule is O=C(Oc1ccc2c(=O)c(Oc3ccccc3Br)coc2c1)c1ccc(Cl)cc1Cl. The molecule has 0 unspecified atom stereocenters. The summed E-state index contributed by atoms with van der Waals surface area (Å²) >= 11 is 15.2. The lowest BCUT2D eigenvalue weighted by atomic mass is 10.2. The van der Waals surface area contributed by atoms with E-state index in [-0.39, 0.29) is 38.5 Å². The molecule has 0 N–H and O–H groups in total. The highest BCUT2D eigenvalue weighted by Gasteiger charge is 2.15. The van der Waals surface area contributed by atoms with Crippen molar-refractivity contribution in [2.24, 2.45) is 0 Å². The third-order valence-electron chi connectivity index (χ3n) is 4.13. The highest BCUT2D eigenvalue weighted by molar-refractivity contribution is 9.10. The van der Waals surface area contributed by atoms with Gasteiger partial charge in [0.2, 0.25) is 11.2 Å². The maximum atomic E-state index is 12.7. The molecule has 0 atom stereocenters. The molecule has 4 aromatic rings. The van der Waals surface area contributed by atoms with E-state index in [9.17, 15) is 9.59 Å². The summed E-state index contributed by atoms with van der Waals surface area (Å²) in [5.41, 5.74) is 0.0532. The number of rotatable bonds is 4. The number of hydrogen-bond donors (Lipinski definition) is 0. The van der Waals surface area contributed by atoms with E-state index in [2.05, 4.69) is 15.9 Å². The number of halogens is 3. The first-order chi connectivity index (χ1) is 14.4. The Kier molecular flexibility index (Phi) is 5.81. The molecule has 8 heteroatoms. The second-order valence-electron chi connectivity index (χ2n) is 6.13. The summed E-state index contributed by atoms with van der Waals surface area (Å²) in [7, 11) is 0. The van der Waals surface area contributed by atoms with Crippen LogP contribution in [0.3, 0.4) is 0 Å². The van der Waals surface area contributed by atoms with Gasteiger partial charge in [-0.25, -0.2) is 4.79 Å². The monoisotopic (exact) mass is 504 g/mol. The standard InChI is InChI=1S/C22H11BrCl2O5/c23-16-3-1-2-4-18(16)30-20-11-28-19-10-13(6-8-15(19)21(20)26)29-22(27)14-7-5-12(24)9-17(14)25/h1-11H. The number of fused-ring (bicyclic) bond motifs is 1. The van der Waals surface area contributed by atoms with Crippen molar-refractivity contribution in [1.82, 2.24) is 0 Å². The maximum Gasteiger partial charge on any atom is 0.345 e. The van der Waals surface area contributed by atoms with Gasteiger partial charge in [0.15, 0.2) is 0 Å². The molecule has 0 saturated heterocycles. The number of benzene rings is 3. The van der Waals surface area contributed by atoms with Gasteiger partial charge in [-0.05, 0) is 58.4 Å². The van der Waals surface area contributed by atoms with Crippen molar-refractivity contribution < 1.29 is 18.7 Å². The van der Waals surface area contributed by atoms with Gasteiger partial charge in [-0.2, -0.15) is 0 Å². The molecule has 0 radical (unpaired) electrons. The number of ether oxygens (including phenoxy) is 2. The zero-order valence-electron chi connectivity index (χ0n) is 15.0. The van der Waals surface area contributed by atoms with E-state index < -0.39 is 5.97 Å². The number of esters is 1. The van der Waals surface area contributed by atoms with Crippen molar-refractivity contribution in [3.8, 4) is 17.2 Å². The molecule has 0 fully saturated rings. The van der Waals surface area contributed by atoms with E-state index in [1.54, 1.807) is 18.2 Å². The fourth-order valence-corrected chi connectivity index (χ4v) is 3.54. The minimum atomic E-state index is -0.660. The van der Waals surface area contributed by atoms with Crippen LogP contribution in [-0.4, -0.2) is 5.97 Å². The molecule has 5 nitrogen and oxygen atoms in total. The molecule has 4 rings (SSSR count). The Hall–Kier alpha value is -2.80. The topological polar surface area (TPSA) is 65.7 Å². The number of carbonyl (C=O) groups excluding carboxylic acids is 1. The first-order valence-corrected chi connectivity index (χ1v) is 10.1. The van der Waals surface area contributed by atoms with E-state index in [4.69, 9.17) is 37.1 Å². The predicted octanol–water partition coefficient (Wildman–Crippen LogP) is 6.87. The molecule has 1 aromatic heterocycles. The minimum absolute atomic E-state index is 0.0343. The average molecular weight is 506 g/mol. The fraction of sp³-hybridized carbons (Fsp3) is 0. The Morgan fingerprint density at radius 1 is 0.967 bits per heavy atom. The van der Waals surface area contributed by atoms with Crippen molar-refractivity contribution in [2.45, 2.75) is 0 Å². The molecule has 3 aromatic carbocycles. The first kappa shape index (κ1) is 20.5. The third-order valence-corrected chi connectivity index (χ3v) is 5.34.